The second-order valence-electron chi connectivity index (χ2n) is 5.10. The van der Waals surface area contributed by atoms with E-state index in [0.717, 1.165) is 25.2 Å². The highest BCUT2D eigenvalue weighted by molar-refractivity contribution is 5.27. The van der Waals surface area contributed by atoms with Gasteiger partial charge in [-0.05, 0) is 38.2 Å². The van der Waals surface area contributed by atoms with Gasteiger partial charge < -0.3 is 15.5 Å². The summed E-state index contributed by atoms with van der Waals surface area (Å²) in [6.45, 7) is 4.89. The molecule has 0 bridgehead atoms. The molecular weight excluding hydrogens is 229 g/mol. The van der Waals surface area contributed by atoms with Gasteiger partial charge in [0.15, 0.2) is 0 Å². The Morgan fingerprint density at radius 1 is 1.50 bits per heavy atom. The van der Waals surface area contributed by atoms with Crippen molar-refractivity contribution >= 4 is 0 Å². The summed E-state index contributed by atoms with van der Waals surface area (Å²) in [6, 6.07) is 5.94. The van der Waals surface area contributed by atoms with Crippen molar-refractivity contribution in [3.8, 4) is 0 Å². The number of halogens is 1. The number of likely N-dealkylation sites (N-methyl/N-ethyl adjacent to an activating group) is 2. The molecule has 100 valence electrons. The average molecular weight is 251 g/mol. The van der Waals surface area contributed by atoms with Crippen LogP contribution in [0.2, 0.25) is 0 Å². The third-order valence-electron chi connectivity index (χ3n) is 3.66. The number of hydrogen-bond acceptors (Lipinski definition) is 3. The zero-order valence-corrected chi connectivity index (χ0v) is 11.3. The molecule has 3 nitrogen and oxygen atoms in total. The monoisotopic (exact) mass is 251 g/mol. The Morgan fingerprint density at radius 2 is 2.28 bits per heavy atom. The molecule has 1 heterocycles. The lowest BCUT2D eigenvalue weighted by Crippen LogP contribution is -2.54. The first-order valence-electron chi connectivity index (χ1n) is 6.47. The smallest absolute Gasteiger partial charge is 0.126 e. The molecule has 18 heavy (non-hydrogen) atoms. The van der Waals surface area contributed by atoms with Crippen LogP contribution in [0.1, 0.15) is 17.2 Å². The maximum atomic E-state index is 13.3. The molecule has 1 saturated heterocycles. The minimum atomic E-state index is -0.137. The van der Waals surface area contributed by atoms with E-state index in [9.17, 15) is 4.39 Å². The van der Waals surface area contributed by atoms with Crippen molar-refractivity contribution in [2.45, 2.75) is 19.0 Å². The first kappa shape index (κ1) is 13.5. The van der Waals surface area contributed by atoms with Gasteiger partial charge in [-0.3, -0.25) is 0 Å². The molecule has 0 aliphatic carbocycles. The standard InChI is InChI=1S/C14H22FN3/c1-10-8-11(4-5-12(10)15)14(16-2)13-9-18(3)7-6-17-13/h4-5,8,13-14,16-17H,6-7,9H2,1-3H3. The fraction of sp³-hybridized carbons (Fsp3) is 0.571. The Labute approximate surface area is 108 Å². The van der Waals surface area contributed by atoms with Crippen molar-refractivity contribution in [3.63, 3.8) is 0 Å². The molecule has 0 spiro atoms. The van der Waals surface area contributed by atoms with Crippen LogP contribution in [0, 0.1) is 12.7 Å². The number of rotatable bonds is 3. The van der Waals surface area contributed by atoms with E-state index in [1.54, 1.807) is 6.07 Å². The van der Waals surface area contributed by atoms with Gasteiger partial charge in [0.1, 0.15) is 5.82 Å². The minimum absolute atomic E-state index is 0.137. The number of benzene rings is 1. The van der Waals surface area contributed by atoms with Crippen molar-refractivity contribution in [3.05, 3.63) is 35.1 Å². The van der Waals surface area contributed by atoms with Gasteiger partial charge >= 0.3 is 0 Å². The highest BCUT2D eigenvalue weighted by Crippen LogP contribution is 2.21. The molecule has 1 fully saturated rings. The van der Waals surface area contributed by atoms with Crippen LogP contribution in [-0.4, -0.2) is 44.7 Å². The molecule has 0 saturated carbocycles. The van der Waals surface area contributed by atoms with E-state index in [1.807, 2.05) is 26.1 Å². The van der Waals surface area contributed by atoms with Crippen molar-refractivity contribution in [2.75, 3.05) is 33.7 Å². The van der Waals surface area contributed by atoms with E-state index < -0.39 is 0 Å². The average Bonchev–Trinajstić information content (AvgIpc) is 2.35. The van der Waals surface area contributed by atoms with Crippen LogP contribution in [0.5, 0.6) is 0 Å². The largest absolute Gasteiger partial charge is 0.312 e. The molecule has 2 N–H and O–H groups in total. The molecule has 1 aliphatic rings. The van der Waals surface area contributed by atoms with E-state index in [2.05, 4.69) is 22.6 Å². The van der Waals surface area contributed by atoms with Crippen molar-refractivity contribution in [2.24, 2.45) is 0 Å². The van der Waals surface area contributed by atoms with Crippen LogP contribution in [0.15, 0.2) is 18.2 Å². The van der Waals surface area contributed by atoms with Crippen molar-refractivity contribution in [1.29, 1.82) is 0 Å². The van der Waals surface area contributed by atoms with E-state index in [4.69, 9.17) is 0 Å². The maximum Gasteiger partial charge on any atom is 0.126 e. The Balaban J connectivity index is 2.18. The molecule has 0 amide bonds. The first-order chi connectivity index (χ1) is 8.61. The number of piperazine rings is 1. The Morgan fingerprint density at radius 3 is 2.89 bits per heavy atom. The zero-order chi connectivity index (χ0) is 13.1. The van der Waals surface area contributed by atoms with Gasteiger partial charge in [0.2, 0.25) is 0 Å². The molecule has 0 radical (unpaired) electrons. The predicted octanol–water partition coefficient (Wildman–Crippen LogP) is 1.30. The molecule has 1 aliphatic heterocycles. The van der Waals surface area contributed by atoms with E-state index in [0.29, 0.717) is 11.6 Å². The third kappa shape index (κ3) is 2.88. The molecule has 2 atom stereocenters. The number of aryl methyl sites for hydroxylation is 1. The highest BCUT2D eigenvalue weighted by Gasteiger charge is 2.25. The third-order valence-corrected chi connectivity index (χ3v) is 3.66. The summed E-state index contributed by atoms with van der Waals surface area (Å²) in [4.78, 5) is 2.32. The Hall–Kier alpha value is -0.970. The summed E-state index contributed by atoms with van der Waals surface area (Å²) in [5, 5.41) is 6.88. The Kier molecular flexibility index (Phi) is 4.32. The molecule has 2 unspecified atom stereocenters. The quantitative estimate of drug-likeness (QED) is 0.848. The second-order valence-corrected chi connectivity index (χ2v) is 5.10. The lowest BCUT2D eigenvalue weighted by molar-refractivity contribution is 0.210. The van der Waals surface area contributed by atoms with Gasteiger partial charge in [0, 0.05) is 31.7 Å². The van der Waals surface area contributed by atoms with Crippen molar-refractivity contribution in [1.82, 2.24) is 15.5 Å². The molecule has 0 aromatic heterocycles. The molecule has 4 heteroatoms. The fourth-order valence-electron chi connectivity index (χ4n) is 2.62. The van der Waals surface area contributed by atoms with Gasteiger partial charge in [-0.2, -0.15) is 0 Å². The SMILES string of the molecule is CNC(c1ccc(F)c(C)c1)C1CN(C)CCN1. The van der Waals surface area contributed by atoms with E-state index in [1.165, 1.54) is 0 Å². The number of nitrogens with one attached hydrogen (secondary N) is 2. The minimum Gasteiger partial charge on any atom is -0.312 e. The maximum absolute atomic E-state index is 13.3. The van der Waals surface area contributed by atoms with E-state index in [-0.39, 0.29) is 11.9 Å². The van der Waals surface area contributed by atoms with Gasteiger partial charge in [0.05, 0.1) is 0 Å². The predicted molar refractivity (Wildman–Crippen MR) is 72.2 cm³/mol. The van der Waals surface area contributed by atoms with E-state index >= 15 is 0 Å². The van der Waals surface area contributed by atoms with Crippen LogP contribution < -0.4 is 10.6 Å². The van der Waals surface area contributed by atoms with Crippen molar-refractivity contribution < 1.29 is 4.39 Å². The van der Waals surface area contributed by atoms with Gasteiger partial charge in [-0.1, -0.05) is 12.1 Å². The topological polar surface area (TPSA) is 27.3 Å². The molecule has 2 rings (SSSR count). The summed E-state index contributed by atoms with van der Waals surface area (Å²) in [6.07, 6.45) is 0. The van der Waals surface area contributed by atoms with Crippen LogP contribution in [0.3, 0.4) is 0 Å². The highest BCUT2D eigenvalue weighted by atomic mass is 19.1. The molecule has 1 aromatic rings. The van der Waals surface area contributed by atoms with Gasteiger partial charge in [-0.25, -0.2) is 4.39 Å². The second kappa shape index (κ2) is 5.78. The first-order valence-corrected chi connectivity index (χ1v) is 6.47. The summed E-state index contributed by atoms with van der Waals surface area (Å²) >= 11 is 0. The Bertz CT molecular complexity index is 408. The fourth-order valence-corrected chi connectivity index (χ4v) is 2.62. The summed E-state index contributed by atoms with van der Waals surface area (Å²) in [7, 11) is 4.09. The van der Waals surface area contributed by atoms with Gasteiger partial charge in [0.25, 0.3) is 0 Å². The zero-order valence-electron chi connectivity index (χ0n) is 11.3. The molecular formula is C14H22FN3. The van der Waals surface area contributed by atoms with Crippen LogP contribution >= 0.6 is 0 Å². The lowest BCUT2D eigenvalue weighted by atomic mass is 9.96. The number of nitrogens with zero attached hydrogens (tertiary/aromatic N) is 1. The number of hydrogen-bond donors (Lipinski definition) is 2. The van der Waals surface area contributed by atoms with Gasteiger partial charge in [-0.15, -0.1) is 0 Å². The summed E-state index contributed by atoms with van der Waals surface area (Å²) in [5.41, 5.74) is 1.85. The molecule has 1 aromatic carbocycles. The summed E-state index contributed by atoms with van der Waals surface area (Å²) < 4.78 is 13.3. The lowest BCUT2D eigenvalue weighted by Gasteiger charge is -2.36. The van der Waals surface area contributed by atoms with Crippen LogP contribution in [0.4, 0.5) is 4.39 Å². The normalized spacial score (nSPS) is 23.0. The van der Waals surface area contributed by atoms with Crippen LogP contribution in [-0.2, 0) is 0 Å². The van der Waals surface area contributed by atoms with Crippen LogP contribution in [0.25, 0.3) is 0 Å². The summed E-state index contributed by atoms with van der Waals surface area (Å²) in [5.74, 6) is -0.137.